The minimum absolute atomic E-state index is 0.111. The summed E-state index contributed by atoms with van der Waals surface area (Å²) in [4.78, 5) is 2.20. The van der Waals surface area contributed by atoms with E-state index in [4.69, 9.17) is 4.74 Å². The Morgan fingerprint density at radius 3 is 2.10 bits per heavy atom. The normalized spacial score (nSPS) is 19.6. The lowest BCUT2D eigenvalue weighted by molar-refractivity contribution is -0.00477. The van der Waals surface area contributed by atoms with E-state index in [1.54, 1.807) is 0 Å². The van der Waals surface area contributed by atoms with Crippen molar-refractivity contribution in [2.24, 2.45) is 0 Å². The molecule has 0 saturated heterocycles. The Hall–Kier alpha value is -1.06. The molecule has 1 atom stereocenters. The van der Waals surface area contributed by atoms with Crippen LogP contribution in [0.2, 0.25) is 0 Å². The lowest BCUT2D eigenvalue weighted by Crippen LogP contribution is -2.46. The molecule has 3 nitrogen and oxygen atoms in total. The van der Waals surface area contributed by atoms with Gasteiger partial charge in [0.25, 0.3) is 0 Å². The predicted molar refractivity (Wildman–Crippen MR) is 82.1 cm³/mol. The first kappa shape index (κ1) is 15.3. The van der Waals surface area contributed by atoms with Gasteiger partial charge < -0.3 is 14.7 Å². The minimum Gasteiger partial charge on any atom is -0.491 e. The molecule has 0 aliphatic heterocycles. The zero-order valence-corrected chi connectivity index (χ0v) is 13.1. The van der Waals surface area contributed by atoms with Crippen LogP contribution in [0.4, 0.5) is 0 Å². The third-order valence-corrected chi connectivity index (χ3v) is 4.44. The van der Waals surface area contributed by atoms with Gasteiger partial charge in [-0.1, -0.05) is 25.0 Å². The number of aliphatic hydroxyl groups excluding tert-OH is 1. The molecule has 1 aliphatic carbocycles. The van der Waals surface area contributed by atoms with Gasteiger partial charge in [0.15, 0.2) is 0 Å². The highest BCUT2D eigenvalue weighted by molar-refractivity contribution is 5.30. The van der Waals surface area contributed by atoms with Gasteiger partial charge in [-0.25, -0.2) is 0 Å². The monoisotopic (exact) mass is 277 g/mol. The van der Waals surface area contributed by atoms with Crippen LogP contribution >= 0.6 is 0 Å². The number of likely N-dealkylation sites (N-methyl/N-ethyl adjacent to an activating group) is 1. The molecule has 1 aliphatic rings. The first-order chi connectivity index (χ1) is 9.45. The zero-order valence-electron chi connectivity index (χ0n) is 13.1. The molecule has 0 bridgehead atoms. The Morgan fingerprint density at radius 2 is 1.65 bits per heavy atom. The quantitative estimate of drug-likeness (QED) is 0.895. The summed E-state index contributed by atoms with van der Waals surface area (Å²) in [7, 11) is 4.15. The average molecular weight is 277 g/mol. The number of nitrogens with zero attached hydrogens (tertiary/aromatic N) is 1. The van der Waals surface area contributed by atoms with Crippen molar-refractivity contribution < 1.29 is 9.84 Å². The molecule has 0 heterocycles. The van der Waals surface area contributed by atoms with Crippen LogP contribution in [0, 0.1) is 0 Å². The van der Waals surface area contributed by atoms with E-state index in [9.17, 15) is 5.11 Å². The highest BCUT2D eigenvalue weighted by atomic mass is 16.5. The Kier molecular flexibility index (Phi) is 4.71. The maximum Gasteiger partial charge on any atom is 0.119 e. The summed E-state index contributed by atoms with van der Waals surface area (Å²) in [6.07, 6.45) is 4.26. The van der Waals surface area contributed by atoms with E-state index in [1.807, 2.05) is 38.1 Å². The smallest absolute Gasteiger partial charge is 0.119 e. The molecule has 112 valence electrons. The summed E-state index contributed by atoms with van der Waals surface area (Å²) < 4.78 is 5.65. The third kappa shape index (κ3) is 2.99. The van der Waals surface area contributed by atoms with Gasteiger partial charge in [-0.05, 0) is 58.5 Å². The fourth-order valence-electron chi connectivity index (χ4n) is 3.26. The van der Waals surface area contributed by atoms with Gasteiger partial charge in [-0.15, -0.1) is 0 Å². The van der Waals surface area contributed by atoms with Crippen molar-refractivity contribution in [3.8, 4) is 5.75 Å². The van der Waals surface area contributed by atoms with Crippen molar-refractivity contribution in [3.05, 3.63) is 29.8 Å². The number of benzene rings is 1. The molecule has 3 heteroatoms. The summed E-state index contributed by atoms with van der Waals surface area (Å²) >= 11 is 0. The van der Waals surface area contributed by atoms with Crippen molar-refractivity contribution in [1.29, 1.82) is 0 Å². The number of ether oxygens (including phenoxy) is 1. The van der Waals surface area contributed by atoms with Gasteiger partial charge in [0, 0.05) is 0 Å². The lowest BCUT2D eigenvalue weighted by atomic mass is 9.85. The van der Waals surface area contributed by atoms with E-state index in [0.717, 1.165) is 24.2 Å². The molecule has 1 aromatic rings. The second kappa shape index (κ2) is 6.15. The first-order valence-corrected chi connectivity index (χ1v) is 7.58. The summed E-state index contributed by atoms with van der Waals surface area (Å²) in [5.41, 5.74) is 0.872. The molecular weight excluding hydrogens is 250 g/mol. The van der Waals surface area contributed by atoms with E-state index in [0.29, 0.717) is 0 Å². The van der Waals surface area contributed by atoms with Gasteiger partial charge in [-0.3, -0.25) is 0 Å². The molecule has 0 radical (unpaired) electrons. The molecule has 1 N–H and O–H groups in total. The van der Waals surface area contributed by atoms with Gasteiger partial charge >= 0.3 is 0 Å². The topological polar surface area (TPSA) is 32.7 Å². The average Bonchev–Trinajstić information content (AvgIpc) is 2.88. The van der Waals surface area contributed by atoms with Crippen LogP contribution in [-0.2, 0) is 0 Å². The van der Waals surface area contributed by atoms with Crippen molar-refractivity contribution in [2.75, 3.05) is 14.1 Å². The predicted octanol–water partition coefficient (Wildman–Crippen LogP) is 3.38. The van der Waals surface area contributed by atoms with Gasteiger partial charge in [0.1, 0.15) is 5.75 Å². The molecule has 0 amide bonds. The molecule has 0 spiro atoms. The minimum atomic E-state index is -0.437. The molecule has 1 saturated carbocycles. The largest absolute Gasteiger partial charge is 0.491 e. The third-order valence-electron chi connectivity index (χ3n) is 4.44. The van der Waals surface area contributed by atoms with E-state index >= 15 is 0 Å². The van der Waals surface area contributed by atoms with Crippen LogP contribution in [0.25, 0.3) is 0 Å². The summed E-state index contributed by atoms with van der Waals surface area (Å²) in [6, 6.07) is 7.89. The highest BCUT2D eigenvalue weighted by Crippen LogP contribution is 2.43. The van der Waals surface area contributed by atoms with Crippen LogP contribution in [0.1, 0.15) is 51.2 Å². The van der Waals surface area contributed by atoms with Crippen molar-refractivity contribution in [3.63, 3.8) is 0 Å². The molecule has 1 unspecified atom stereocenters. The van der Waals surface area contributed by atoms with Crippen LogP contribution in [0.15, 0.2) is 24.3 Å². The fraction of sp³-hybridized carbons (Fsp3) is 0.647. The fourth-order valence-corrected chi connectivity index (χ4v) is 3.26. The molecule has 2 rings (SSSR count). The van der Waals surface area contributed by atoms with E-state index in [-0.39, 0.29) is 11.6 Å². The first-order valence-electron chi connectivity index (χ1n) is 7.58. The van der Waals surface area contributed by atoms with Crippen molar-refractivity contribution >= 4 is 0 Å². The number of aliphatic hydroxyl groups is 1. The maximum atomic E-state index is 10.8. The number of hydrogen-bond acceptors (Lipinski definition) is 3. The molecule has 1 aromatic carbocycles. The summed E-state index contributed by atoms with van der Waals surface area (Å²) in [5.74, 6) is 0.862. The maximum absolute atomic E-state index is 10.8. The molecule has 20 heavy (non-hydrogen) atoms. The van der Waals surface area contributed by atoms with E-state index < -0.39 is 6.10 Å². The van der Waals surface area contributed by atoms with Gasteiger partial charge in [-0.2, -0.15) is 0 Å². The van der Waals surface area contributed by atoms with Crippen molar-refractivity contribution in [1.82, 2.24) is 4.90 Å². The summed E-state index contributed by atoms with van der Waals surface area (Å²) in [6.45, 7) is 4.03. The lowest BCUT2D eigenvalue weighted by Gasteiger charge is -2.40. The Labute approximate surface area is 122 Å². The Balaban J connectivity index is 2.17. The summed E-state index contributed by atoms with van der Waals surface area (Å²) in [5, 5.41) is 10.8. The Morgan fingerprint density at radius 1 is 1.10 bits per heavy atom. The van der Waals surface area contributed by atoms with Gasteiger partial charge in [0.2, 0.25) is 0 Å². The standard InChI is InChI=1S/C17H27NO2/c1-13(2)20-15-9-7-14(8-10-15)16(19)17(18(3)4)11-5-6-12-17/h7-10,13,16,19H,5-6,11-12H2,1-4H3. The SMILES string of the molecule is CC(C)Oc1ccc(C(O)C2(N(C)C)CCCC2)cc1. The van der Waals surface area contributed by atoms with E-state index in [1.165, 1.54) is 12.8 Å². The second-order valence-corrected chi connectivity index (χ2v) is 6.34. The van der Waals surface area contributed by atoms with Gasteiger partial charge in [0.05, 0.1) is 17.7 Å². The van der Waals surface area contributed by atoms with Crippen LogP contribution in [0.3, 0.4) is 0 Å². The Bertz CT molecular complexity index is 419. The highest BCUT2D eigenvalue weighted by Gasteiger charge is 2.43. The molecule has 0 aromatic heterocycles. The number of rotatable bonds is 5. The second-order valence-electron chi connectivity index (χ2n) is 6.34. The van der Waals surface area contributed by atoms with Crippen LogP contribution < -0.4 is 4.74 Å². The number of hydrogen-bond donors (Lipinski definition) is 1. The molecular formula is C17H27NO2. The van der Waals surface area contributed by atoms with Crippen LogP contribution in [0.5, 0.6) is 5.75 Å². The zero-order chi connectivity index (χ0) is 14.8. The van der Waals surface area contributed by atoms with Crippen molar-refractivity contribution in [2.45, 2.75) is 57.3 Å². The van der Waals surface area contributed by atoms with E-state index in [2.05, 4.69) is 19.0 Å². The molecule has 1 fully saturated rings. The van der Waals surface area contributed by atoms with Crippen LogP contribution in [-0.4, -0.2) is 35.7 Å².